The van der Waals surface area contributed by atoms with Crippen LogP contribution in [0.1, 0.15) is 16.9 Å². The lowest BCUT2D eigenvalue weighted by Gasteiger charge is -2.12. The van der Waals surface area contributed by atoms with Crippen LogP contribution in [0.15, 0.2) is 117 Å². The molecule has 0 bridgehead atoms. The van der Waals surface area contributed by atoms with Crippen molar-refractivity contribution in [3.05, 3.63) is 119 Å². The molecule has 5 rings (SSSR count). The first-order valence-electron chi connectivity index (χ1n) is 11.3. The van der Waals surface area contributed by atoms with Crippen LogP contribution in [0.5, 0.6) is 5.75 Å². The minimum absolute atomic E-state index is 0.163. The molecule has 178 valence electrons. The molecule has 0 unspecified atom stereocenters. The van der Waals surface area contributed by atoms with Gasteiger partial charge in [-0.2, -0.15) is 5.10 Å². The predicted molar refractivity (Wildman–Crippen MR) is 145 cm³/mol. The molecule has 1 aliphatic rings. The first-order valence-corrected chi connectivity index (χ1v) is 12.2. The van der Waals surface area contributed by atoms with E-state index in [1.165, 1.54) is 11.8 Å². The van der Waals surface area contributed by atoms with Gasteiger partial charge in [-0.15, -0.1) is 5.10 Å². The number of nitrogens with zero attached hydrogens (tertiary/aromatic N) is 3. The van der Waals surface area contributed by atoms with Crippen molar-refractivity contribution >= 4 is 35.1 Å². The van der Waals surface area contributed by atoms with Crippen LogP contribution < -0.4 is 4.74 Å². The summed E-state index contributed by atoms with van der Waals surface area (Å²) in [5.41, 5.74) is 4.02. The molecule has 1 amide bonds. The lowest BCUT2D eigenvalue weighted by Crippen LogP contribution is -2.28. The number of amides is 1. The Labute approximate surface area is 213 Å². The van der Waals surface area contributed by atoms with E-state index in [2.05, 4.69) is 34.5 Å². The highest BCUT2D eigenvalue weighted by Crippen LogP contribution is 2.35. The van der Waals surface area contributed by atoms with Gasteiger partial charge in [-0.1, -0.05) is 72.8 Å². The molecule has 4 aromatic rings. The van der Waals surface area contributed by atoms with E-state index in [0.29, 0.717) is 21.6 Å². The Morgan fingerprint density at radius 1 is 0.917 bits per heavy atom. The normalized spacial score (nSPS) is 15.9. The van der Waals surface area contributed by atoms with Gasteiger partial charge < -0.3 is 9.15 Å². The molecule has 1 saturated heterocycles. The molecule has 2 heterocycles. The zero-order chi connectivity index (χ0) is 24.7. The standard InChI is InChI=1S/C29H23N3O3S/c1-34-26-12-6-5-10-24(26)18-27-28(33)32(20-25-11-7-17-35-25)29(36-27)31-30-19-21-13-15-23(16-14-21)22-8-3-2-4-9-22/h2-19H,20H2,1H3/b27-18-,30-19+,31-29-. The predicted octanol–water partition coefficient (Wildman–Crippen LogP) is 6.46. The number of furan rings is 1. The molecule has 7 heteroatoms. The number of benzene rings is 3. The maximum Gasteiger partial charge on any atom is 0.267 e. The Bertz CT molecular complexity index is 1430. The van der Waals surface area contributed by atoms with Crippen molar-refractivity contribution < 1.29 is 13.9 Å². The molecular weight excluding hydrogens is 470 g/mol. The minimum atomic E-state index is -0.163. The Morgan fingerprint density at radius 3 is 2.42 bits per heavy atom. The van der Waals surface area contributed by atoms with E-state index in [9.17, 15) is 4.79 Å². The van der Waals surface area contributed by atoms with Crippen LogP contribution >= 0.6 is 11.8 Å². The fourth-order valence-electron chi connectivity index (χ4n) is 3.74. The summed E-state index contributed by atoms with van der Waals surface area (Å²) in [4.78, 5) is 15.4. The minimum Gasteiger partial charge on any atom is -0.496 e. The summed E-state index contributed by atoms with van der Waals surface area (Å²) < 4.78 is 10.9. The number of carbonyl (C=O) groups excluding carboxylic acids is 1. The molecule has 1 aromatic heterocycles. The Hall–Kier alpha value is -4.36. The third kappa shape index (κ3) is 5.31. The SMILES string of the molecule is COc1ccccc1/C=C1\S/C(=N\N=C\c2ccc(-c3ccccc3)cc2)N(Cc2ccco2)C1=O. The molecule has 0 N–H and O–H groups in total. The molecule has 0 aliphatic carbocycles. The van der Waals surface area contributed by atoms with Crippen LogP contribution in [0.25, 0.3) is 17.2 Å². The summed E-state index contributed by atoms with van der Waals surface area (Å²) in [5.74, 6) is 1.19. The highest BCUT2D eigenvalue weighted by Gasteiger charge is 2.34. The molecule has 36 heavy (non-hydrogen) atoms. The van der Waals surface area contributed by atoms with Crippen molar-refractivity contribution in [2.24, 2.45) is 10.2 Å². The van der Waals surface area contributed by atoms with Crippen LogP contribution in [0, 0.1) is 0 Å². The van der Waals surface area contributed by atoms with Gasteiger partial charge >= 0.3 is 0 Å². The number of rotatable bonds is 7. The molecule has 0 radical (unpaired) electrons. The third-order valence-corrected chi connectivity index (χ3v) is 6.57. The molecule has 0 spiro atoms. The van der Waals surface area contributed by atoms with E-state index in [4.69, 9.17) is 9.15 Å². The summed E-state index contributed by atoms with van der Waals surface area (Å²) >= 11 is 1.27. The molecule has 0 saturated carbocycles. The van der Waals surface area contributed by atoms with Gasteiger partial charge in [0.2, 0.25) is 0 Å². The fraction of sp³-hybridized carbons (Fsp3) is 0.0690. The topological polar surface area (TPSA) is 67.4 Å². The van der Waals surface area contributed by atoms with Gasteiger partial charge in [0.15, 0.2) is 5.17 Å². The van der Waals surface area contributed by atoms with Crippen LogP contribution in [-0.4, -0.2) is 29.3 Å². The van der Waals surface area contributed by atoms with E-state index in [1.54, 1.807) is 30.6 Å². The van der Waals surface area contributed by atoms with Crippen molar-refractivity contribution in [1.82, 2.24) is 4.90 Å². The van der Waals surface area contributed by atoms with Crippen molar-refractivity contribution in [2.75, 3.05) is 7.11 Å². The Kier molecular flexibility index (Phi) is 7.10. The molecule has 6 nitrogen and oxygen atoms in total. The van der Waals surface area contributed by atoms with Crippen LogP contribution in [-0.2, 0) is 11.3 Å². The fourth-order valence-corrected chi connectivity index (χ4v) is 4.67. The van der Waals surface area contributed by atoms with Crippen molar-refractivity contribution in [2.45, 2.75) is 6.54 Å². The summed E-state index contributed by atoms with van der Waals surface area (Å²) in [6, 6.07) is 29.5. The summed E-state index contributed by atoms with van der Waals surface area (Å²) in [6.07, 6.45) is 5.08. The maximum atomic E-state index is 13.3. The smallest absolute Gasteiger partial charge is 0.267 e. The van der Waals surface area contributed by atoms with E-state index in [1.807, 2.05) is 66.7 Å². The number of thioether (sulfide) groups is 1. The van der Waals surface area contributed by atoms with Gasteiger partial charge in [-0.25, -0.2) is 0 Å². The molecule has 3 aromatic carbocycles. The van der Waals surface area contributed by atoms with E-state index >= 15 is 0 Å². The van der Waals surface area contributed by atoms with Gasteiger partial charge in [0, 0.05) is 5.56 Å². The summed E-state index contributed by atoms with van der Waals surface area (Å²) in [6.45, 7) is 0.266. The number of hydrogen-bond acceptors (Lipinski definition) is 6. The Balaban J connectivity index is 1.39. The average Bonchev–Trinajstić information content (AvgIpc) is 3.54. The highest BCUT2D eigenvalue weighted by molar-refractivity contribution is 8.18. The zero-order valence-electron chi connectivity index (χ0n) is 19.6. The van der Waals surface area contributed by atoms with E-state index in [0.717, 1.165) is 22.3 Å². The van der Waals surface area contributed by atoms with E-state index < -0.39 is 0 Å². The lowest BCUT2D eigenvalue weighted by atomic mass is 10.0. The van der Waals surface area contributed by atoms with Gasteiger partial charge in [0.25, 0.3) is 5.91 Å². The lowest BCUT2D eigenvalue weighted by molar-refractivity contribution is -0.122. The second-order valence-corrected chi connectivity index (χ2v) is 8.95. The first kappa shape index (κ1) is 23.4. The molecular formula is C29H23N3O3S. The van der Waals surface area contributed by atoms with E-state index in [-0.39, 0.29) is 12.5 Å². The van der Waals surface area contributed by atoms with Gasteiger partial charge in [0.1, 0.15) is 11.5 Å². The van der Waals surface area contributed by atoms with Crippen LogP contribution in [0.4, 0.5) is 0 Å². The molecule has 1 aliphatic heterocycles. The van der Waals surface area contributed by atoms with Crippen molar-refractivity contribution in [3.63, 3.8) is 0 Å². The van der Waals surface area contributed by atoms with Crippen molar-refractivity contribution in [1.29, 1.82) is 0 Å². The second-order valence-electron chi connectivity index (χ2n) is 7.94. The summed E-state index contributed by atoms with van der Waals surface area (Å²) in [5, 5.41) is 9.15. The quantitative estimate of drug-likeness (QED) is 0.168. The monoisotopic (exact) mass is 493 g/mol. The average molecular weight is 494 g/mol. The van der Waals surface area contributed by atoms with Crippen LogP contribution in [0.2, 0.25) is 0 Å². The van der Waals surface area contributed by atoms with Crippen molar-refractivity contribution in [3.8, 4) is 16.9 Å². The number of carbonyl (C=O) groups is 1. The second kappa shape index (κ2) is 10.9. The number of ether oxygens (including phenoxy) is 1. The zero-order valence-corrected chi connectivity index (χ0v) is 20.4. The molecule has 1 fully saturated rings. The van der Waals surface area contributed by atoms with Gasteiger partial charge in [0.05, 0.1) is 31.0 Å². The van der Waals surface area contributed by atoms with Gasteiger partial charge in [-0.05, 0) is 52.7 Å². The summed E-state index contributed by atoms with van der Waals surface area (Å²) in [7, 11) is 1.61. The number of hydrogen-bond donors (Lipinski definition) is 0. The molecule has 0 atom stereocenters. The first-order chi connectivity index (χ1) is 17.7. The van der Waals surface area contributed by atoms with Gasteiger partial charge in [-0.3, -0.25) is 9.69 Å². The highest BCUT2D eigenvalue weighted by atomic mass is 32.2. The number of methoxy groups -OCH3 is 1. The Morgan fingerprint density at radius 2 is 1.67 bits per heavy atom. The van der Waals surface area contributed by atoms with Crippen LogP contribution in [0.3, 0.4) is 0 Å². The number of para-hydroxylation sites is 1. The number of amidine groups is 1. The third-order valence-electron chi connectivity index (χ3n) is 5.58. The largest absolute Gasteiger partial charge is 0.496 e. The maximum absolute atomic E-state index is 13.3.